The Kier molecular flexibility index (Phi) is 6.78. The van der Waals surface area contributed by atoms with Crippen LogP contribution in [0.25, 0.3) is 0 Å². The smallest absolute Gasteiger partial charge is 0.224 e. The van der Waals surface area contributed by atoms with Gasteiger partial charge in [0.25, 0.3) is 0 Å². The highest BCUT2D eigenvalue weighted by atomic mass is 35.5. The summed E-state index contributed by atoms with van der Waals surface area (Å²) in [6.07, 6.45) is 1.16. The van der Waals surface area contributed by atoms with E-state index in [4.69, 9.17) is 21.1 Å². The molecule has 0 bridgehead atoms. The van der Waals surface area contributed by atoms with Crippen molar-refractivity contribution in [2.45, 2.75) is 12.8 Å². The standard InChI is InChI=1S/C18H19ClO3/c19-18(20)15(11-13-21-16-7-3-1-4-8-16)12-14-22-17-9-5-2-6-10-17/h1-10,15H,11-14H2. The lowest BCUT2D eigenvalue weighted by Crippen LogP contribution is -2.16. The van der Waals surface area contributed by atoms with Crippen LogP contribution in [0.5, 0.6) is 11.5 Å². The molecule has 0 saturated heterocycles. The second kappa shape index (κ2) is 9.11. The van der Waals surface area contributed by atoms with Gasteiger partial charge in [-0.3, -0.25) is 4.79 Å². The molecule has 0 aliphatic rings. The summed E-state index contributed by atoms with van der Waals surface area (Å²) in [6, 6.07) is 19.0. The van der Waals surface area contributed by atoms with Crippen LogP contribution in [-0.2, 0) is 4.79 Å². The molecule has 0 amide bonds. The number of carbonyl (C=O) groups is 1. The van der Waals surface area contributed by atoms with Gasteiger partial charge in [0.05, 0.1) is 13.2 Å². The summed E-state index contributed by atoms with van der Waals surface area (Å²) < 4.78 is 11.2. The van der Waals surface area contributed by atoms with Crippen molar-refractivity contribution in [3.63, 3.8) is 0 Å². The molecule has 116 valence electrons. The summed E-state index contributed by atoms with van der Waals surface area (Å²) in [5.41, 5.74) is 0. The highest BCUT2D eigenvalue weighted by molar-refractivity contribution is 6.63. The molecule has 2 aromatic carbocycles. The Balaban J connectivity index is 1.72. The molecule has 4 heteroatoms. The zero-order valence-corrected chi connectivity index (χ0v) is 13.0. The van der Waals surface area contributed by atoms with Crippen LogP contribution in [0.3, 0.4) is 0 Å². The Labute approximate surface area is 135 Å². The highest BCUT2D eigenvalue weighted by Gasteiger charge is 2.16. The van der Waals surface area contributed by atoms with E-state index < -0.39 is 0 Å². The fraction of sp³-hybridized carbons (Fsp3) is 0.278. The summed E-state index contributed by atoms with van der Waals surface area (Å²) in [5, 5.41) is -0.340. The lowest BCUT2D eigenvalue weighted by molar-refractivity contribution is -0.115. The van der Waals surface area contributed by atoms with E-state index in [0.717, 1.165) is 11.5 Å². The van der Waals surface area contributed by atoms with Gasteiger partial charge in [0, 0.05) is 5.92 Å². The van der Waals surface area contributed by atoms with Crippen molar-refractivity contribution in [3.05, 3.63) is 60.7 Å². The summed E-state index contributed by atoms with van der Waals surface area (Å²) in [4.78, 5) is 11.5. The van der Waals surface area contributed by atoms with E-state index in [1.54, 1.807) is 0 Å². The molecule has 2 aromatic rings. The van der Waals surface area contributed by atoms with Gasteiger partial charge in [0.1, 0.15) is 11.5 Å². The monoisotopic (exact) mass is 318 g/mol. The first kappa shape index (κ1) is 16.4. The molecule has 0 heterocycles. The van der Waals surface area contributed by atoms with Gasteiger partial charge in [-0.2, -0.15) is 0 Å². The van der Waals surface area contributed by atoms with Crippen LogP contribution in [0, 0.1) is 5.92 Å². The Hall–Kier alpha value is -2.00. The van der Waals surface area contributed by atoms with E-state index in [2.05, 4.69) is 0 Å². The number of rotatable bonds is 9. The third kappa shape index (κ3) is 5.78. The van der Waals surface area contributed by atoms with E-state index in [9.17, 15) is 4.79 Å². The van der Waals surface area contributed by atoms with Gasteiger partial charge in [-0.1, -0.05) is 36.4 Å². The van der Waals surface area contributed by atoms with E-state index in [1.807, 2.05) is 60.7 Å². The third-order valence-electron chi connectivity index (χ3n) is 3.28. The predicted octanol–water partition coefficient (Wildman–Crippen LogP) is 4.31. The van der Waals surface area contributed by atoms with Crippen molar-refractivity contribution in [3.8, 4) is 11.5 Å². The lowest BCUT2D eigenvalue weighted by Gasteiger charge is -2.14. The maximum absolute atomic E-state index is 11.5. The molecular weight excluding hydrogens is 300 g/mol. The van der Waals surface area contributed by atoms with Crippen LogP contribution >= 0.6 is 11.6 Å². The number of hydrogen-bond donors (Lipinski definition) is 0. The van der Waals surface area contributed by atoms with Gasteiger partial charge in [0.2, 0.25) is 5.24 Å². The summed E-state index contributed by atoms with van der Waals surface area (Å²) in [5.74, 6) is 1.33. The zero-order valence-electron chi connectivity index (χ0n) is 12.3. The second-order valence-corrected chi connectivity index (χ2v) is 5.27. The Morgan fingerprint density at radius 3 is 1.59 bits per heavy atom. The van der Waals surface area contributed by atoms with Crippen LogP contribution in [0.4, 0.5) is 0 Å². The SMILES string of the molecule is O=C(Cl)C(CCOc1ccccc1)CCOc1ccccc1. The van der Waals surface area contributed by atoms with Crippen molar-refractivity contribution >= 4 is 16.8 Å². The largest absolute Gasteiger partial charge is 0.494 e. The first-order valence-electron chi connectivity index (χ1n) is 7.31. The van der Waals surface area contributed by atoms with Crippen molar-refractivity contribution in [2.75, 3.05) is 13.2 Å². The molecule has 0 unspecified atom stereocenters. The molecule has 0 atom stereocenters. The first-order chi connectivity index (χ1) is 10.8. The van der Waals surface area contributed by atoms with Gasteiger partial charge in [-0.15, -0.1) is 0 Å². The number of ether oxygens (including phenoxy) is 2. The fourth-order valence-corrected chi connectivity index (χ4v) is 2.26. The Morgan fingerprint density at radius 1 is 0.818 bits per heavy atom. The molecule has 0 fully saturated rings. The van der Waals surface area contributed by atoms with Crippen molar-refractivity contribution in [2.24, 2.45) is 5.92 Å². The first-order valence-corrected chi connectivity index (χ1v) is 7.68. The molecule has 0 aliphatic carbocycles. The van der Waals surface area contributed by atoms with Crippen LogP contribution < -0.4 is 9.47 Å². The number of carbonyl (C=O) groups excluding carboxylic acids is 1. The summed E-state index contributed by atoms with van der Waals surface area (Å²) >= 11 is 5.66. The topological polar surface area (TPSA) is 35.5 Å². The molecule has 2 rings (SSSR count). The fourth-order valence-electron chi connectivity index (χ4n) is 2.04. The van der Waals surface area contributed by atoms with Crippen molar-refractivity contribution in [1.29, 1.82) is 0 Å². The van der Waals surface area contributed by atoms with E-state index in [-0.39, 0.29) is 11.2 Å². The minimum Gasteiger partial charge on any atom is -0.494 e. The number of benzene rings is 2. The second-order valence-electron chi connectivity index (χ2n) is 4.90. The molecule has 0 saturated carbocycles. The molecule has 3 nitrogen and oxygen atoms in total. The minimum atomic E-state index is -0.340. The maximum Gasteiger partial charge on any atom is 0.224 e. The molecule has 0 radical (unpaired) electrons. The summed E-state index contributed by atoms with van der Waals surface area (Å²) in [6.45, 7) is 0.914. The van der Waals surface area contributed by atoms with Gasteiger partial charge in [-0.05, 0) is 48.7 Å². The molecule has 0 N–H and O–H groups in total. The van der Waals surface area contributed by atoms with E-state index in [1.165, 1.54) is 0 Å². The van der Waals surface area contributed by atoms with Crippen LogP contribution in [0.15, 0.2) is 60.7 Å². The minimum absolute atomic E-state index is 0.255. The molecular formula is C18H19ClO3. The molecule has 0 spiro atoms. The Bertz CT molecular complexity index is 512. The van der Waals surface area contributed by atoms with Crippen LogP contribution in [0.2, 0.25) is 0 Å². The van der Waals surface area contributed by atoms with Crippen LogP contribution in [-0.4, -0.2) is 18.5 Å². The zero-order chi connectivity index (χ0) is 15.6. The predicted molar refractivity (Wildman–Crippen MR) is 87.5 cm³/mol. The molecule has 22 heavy (non-hydrogen) atoms. The molecule has 0 aliphatic heterocycles. The lowest BCUT2D eigenvalue weighted by atomic mass is 10.0. The average molecular weight is 319 g/mol. The van der Waals surface area contributed by atoms with Gasteiger partial charge in [-0.25, -0.2) is 0 Å². The molecule has 0 aromatic heterocycles. The van der Waals surface area contributed by atoms with E-state index >= 15 is 0 Å². The maximum atomic E-state index is 11.5. The van der Waals surface area contributed by atoms with Crippen LogP contribution in [0.1, 0.15) is 12.8 Å². The normalized spacial score (nSPS) is 10.5. The van der Waals surface area contributed by atoms with Gasteiger partial charge < -0.3 is 9.47 Å². The van der Waals surface area contributed by atoms with Crippen molar-refractivity contribution < 1.29 is 14.3 Å². The van der Waals surface area contributed by atoms with Gasteiger partial charge in [0.15, 0.2) is 0 Å². The average Bonchev–Trinajstić information content (AvgIpc) is 2.55. The highest BCUT2D eigenvalue weighted by Crippen LogP contribution is 2.16. The number of hydrogen-bond acceptors (Lipinski definition) is 3. The summed E-state index contributed by atoms with van der Waals surface area (Å²) in [7, 11) is 0. The number of halogens is 1. The van der Waals surface area contributed by atoms with Crippen molar-refractivity contribution in [1.82, 2.24) is 0 Å². The quantitative estimate of drug-likeness (QED) is 0.646. The number of para-hydroxylation sites is 2. The third-order valence-corrected chi connectivity index (χ3v) is 3.59. The Morgan fingerprint density at radius 2 is 1.23 bits per heavy atom. The van der Waals surface area contributed by atoms with E-state index in [0.29, 0.717) is 26.1 Å². The van der Waals surface area contributed by atoms with Gasteiger partial charge >= 0.3 is 0 Å².